The summed E-state index contributed by atoms with van der Waals surface area (Å²) in [5.41, 5.74) is -4.89. The summed E-state index contributed by atoms with van der Waals surface area (Å²) in [6.07, 6.45) is -9.16. The second-order valence-corrected chi connectivity index (χ2v) is 2.71. The first kappa shape index (κ1) is 12.5. The second-order valence-electron chi connectivity index (χ2n) is 2.71. The Kier molecular flexibility index (Phi) is 3.20. The molecule has 0 bridgehead atoms. The molecule has 0 aliphatic heterocycles. The van der Waals surface area contributed by atoms with Gasteiger partial charge in [-0.15, -0.1) is 0 Å². The molecular formula is C8H3F6NO. The lowest BCUT2D eigenvalue weighted by Gasteiger charge is -2.13. The van der Waals surface area contributed by atoms with Gasteiger partial charge >= 0.3 is 6.18 Å². The highest BCUT2D eigenvalue weighted by molar-refractivity contribution is 5.75. The van der Waals surface area contributed by atoms with E-state index in [4.69, 9.17) is 0 Å². The Morgan fingerprint density at radius 1 is 1.31 bits per heavy atom. The zero-order valence-corrected chi connectivity index (χ0v) is 7.36. The van der Waals surface area contributed by atoms with Gasteiger partial charge in [-0.25, -0.2) is 13.8 Å². The maximum Gasteiger partial charge on any atom is 0.419 e. The number of hydrogen-bond acceptors (Lipinski definition) is 2. The van der Waals surface area contributed by atoms with E-state index in [-0.39, 0.29) is 6.07 Å². The van der Waals surface area contributed by atoms with Crippen molar-refractivity contribution in [2.75, 3.05) is 0 Å². The standard InChI is InChI=1S/C8H3F6NO/c9-5-1-3(7(10)11)6(8(12,13)14)4(2-16)15-5/h1-2,7H. The number of hydrogen-bond donors (Lipinski definition) is 0. The Labute approximate surface area is 84.9 Å². The van der Waals surface area contributed by atoms with Gasteiger partial charge in [-0.05, 0) is 0 Å². The normalized spacial score (nSPS) is 11.9. The lowest BCUT2D eigenvalue weighted by Crippen LogP contribution is -2.15. The quantitative estimate of drug-likeness (QED) is 0.454. The van der Waals surface area contributed by atoms with E-state index in [1.807, 2.05) is 0 Å². The van der Waals surface area contributed by atoms with E-state index in [2.05, 4.69) is 4.98 Å². The third-order valence-electron chi connectivity index (χ3n) is 1.68. The second kappa shape index (κ2) is 4.11. The average molecular weight is 243 g/mol. The molecule has 1 aromatic rings. The number of aromatic nitrogens is 1. The molecule has 88 valence electrons. The van der Waals surface area contributed by atoms with Crippen LogP contribution in [0.5, 0.6) is 0 Å². The van der Waals surface area contributed by atoms with E-state index in [1.165, 1.54) is 0 Å². The molecule has 1 rings (SSSR count). The molecule has 0 aliphatic carbocycles. The molecule has 0 atom stereocenters. The predicted octanol–water partition coefficient (Wildman–Crippen LogP) is 2.99. The van der Waals surface area contributed by atoms with Gasteiger partial charge in [-0.2, -0.15) is 17.6 Å². The summed E-state index contributed by atoms with van der Waals surface area (Å²) in [5, 5.41) is 0. The van der Waals surface area contributed by atoms with Crippen LogP contribution in [0.2, 0.25) is 0 Å². The van der Waals surface area contributed by atoms with Crippen LogP contribution in [0.1, 0.15) is 28.0 Å². The number of carbonyl (C=O) groups excluding carboxylic acids is 1. The summed E-state index contributed by atoms with van der Waals surface area (Å²) >= 11 is 0. The van der Waals surface area contributed by atoms with Crippen molar-refractivity contribution in [2.45, 2.75) is 12.6 Å². The summed E-state index contributed by atoms with van der Waals surface area (Å²) in [4.78, 5) is 12.8. The molecule has 0 saturated carbocycles. The highest BCUT2D eigenvalue weighted by Crippen LogP contribution is 2.37. The Bertz CT molecular complexity index is 414. The van der Waals surface area contributed by atoms with Gasteiger partial charge in [0.15, 0.2) is 6.29 Å². The van der Waals surface area contributed by atoms with Crippen molar-refractivity contribution < 1.29 is 31.1 Å². The Morgan fingerprint density at radius 2 is 1.88 bits per heavy atom. The van der Waals surface area contributed by atoms with E-state index in [1.54, 1.807) is 0 Å². The monoisotopic (exact) mass is 243 g/mol. The van der Waals surface area contributed by atoms with Crippen LogP contribution in [0.4, 0.5) is 26.3 Å². The summed E-state index contributed by atoms with van der Waals surface area (Å²) < 4.78 is 74.1. The number of carbonyl (C=O) groups is 1. The average Bonchev–Trinajstić information content (AvgIpc) is 2.14. The highest BCUT2D eigenvalue weighted by Gasteiger charge is 2.39. The SMILES string of the molecule is O=Cc1nc(F)cc(C(F)F)c1C(F)(F)F. The minimum atomic E-state index is -5.19. The molecular weight excluding hydrogens is 240 g/mol. The van der Waals surface area contributed by atoms with E-state index in [9.17, 15) is 31.1 Å². The summed E-state index contributed by atoms with van der Waals surface area (Å²) in [7, 11) is 0. The van der Waals surface area contributed by atoms with Crippen molar-refractivity contribution in [1.29, 1.82) is 0 Å². The lowest BCUT2D eigenvalue weighted by molar-refractivity contribution is -0.140. The van der Waals surface area contributed by atoms with Crippen LogP contribution in [0.3, 0.4) is 0 Å². The molecule has 0 N–H and O–H groups in total. The van der Waals surface area contributed by atoms with Gasteiger partial charge in [0.2, 0.25) is 5.95 Å². The molecule has 0 amide bonds. The van der Waals surface area contributed by atoms with Gasteiger partial charge in [0, 0.05) is 11.6 Å². The Hall–Kier alpha value is -1.60. The van der Waals surface area contributed by atoms with E-state index in [0.29, 0.717) is 0 Å². The zero-order chi connectivity index (χ0) is 12.5. The Balaban J connectivity index is 3.58. The Morgan fingerprint density at radius 3 is 2.25 bits per heavy atom. The van der Waals surface area contributed by atoms with Crippen molar-refractivity contribution in [3.05, 3.63) is 28.8 Å². The van der Waals surface area contributed by atoms with Crippen LogP contribution < -0.4 is 0 Å². The van der Waals surface area contributed by atoms with Crippen molar-refractivity contribution in [3.63, 3.8) is 0 Å². The van der Waals surface area contributed by atoms with Gasteiger partial charge < -0.3 is 0 Å². The van der Waals surface area contributed by atoms with Gasteiger partial charge in [0.05, 0.1) is 5.56 Å². The number of rotatable bonds is 2. The minimum absolute atomic E-state index is 0.0412. The van der Waals surface area contributed by atoms with Crippen LogP contribution in [0, 0.1) is 5.95 Å². The summed E-state index contributed by atoms with van der Waals surface area (Å²) in [6, 6.07) is -0.0412. The van der Waals surface area contributed by atoms with Crippen LogP contribution in [-0.4, -0.2) is 11.3 Å². The molecule has 0 aromatic carbocycles. The fourth-order valence-electron chi connectivity index (χ4n) is 1.12. The zero-order valence-electron chi connectivity index (χ0n) is 7.36. The predicted molar refractivity (Wildman–Crippen MR) is 39.5 cm³/mol. The summed E-state index contributed by atoms with van der Waals surface area (Å²) in [5.74, 6) is -1.56. The van der Waals surface area contributed by atoms with Gasteiger partial charge in [0.1, 0.15) is 5.69 Å². The van der Waals surface area contributed by atoms with Gasteiger partial charge in [-0.1, -0.05) is 0 Å². The van der Waals surface area contributed by atoms with Crippen LogP contribution >= 0.6 is 0 Å². The number of halogens is 6. The first-order valence-electron chi connectivity index (χ1n) is 3.78. The largest absolute Gasteiger partial charge is 0.419 e. The smallest absolute Gasteiger partial charge is 0.296 e. The minimum Gasteiger partial charge on any atom is -0.296 e. The highest BCUT2D eigenvalue weighted by atomic mass is 19.4. The maximum absolute atomic E-state index is 12.6. The molecule has 16 heavy (non-hydrogen) atoms. The molecule has 2 nitrogen and oxygen atoms in total. The molecule has 0 radical (unpaired) electrons. The van der Waals surface area contributed by atoms with E-state index in [0.717, 1.165) is 0 Å². The van der Waals surface area contributed by atoms with Crippen molar-refractivity contribution in [2.24, 2.45) is 0 Å². The molecule has 0 unspecified atom stereocenters. The number of aldehydes is 1. The van der Waals surface area contributed by atoms with E-state index >= 15 is 0 Å². The summed E-state index contributed by atoms with van der Waals surface area (Å²) in [6.45, 7) is 0. The number of alkyl halides is 5. The molecule has 1 aromatic heterocycles. The topological polar surface area (TPSA) is 30.0 Å². The first-order valence-corrected chi connectivity index (χ1v) is 3.78. The molecule has 1 heterocycles. The van der Waals surface area contributed by atoms with E-state index < -0.39 is 41.7 Å². The molecule has 0 fully saturated rings. The van der Waals surface area contributed by atoms with Gasteiger partial charge in [-0.3, -0.25) is 4.79 Å². The number of pyridine rings is 1. The molecule has 0 aliphatic rings. The maximum atomic E-state index is 12.6. The lowest BCUT2D eigenvalue weighted by atomic mass is 10.1. The van der Waals surface area contributed by atoms with Crippen LogP contribution in [0.15, 0.2) is 6.07 Å². The van der Waals surface area contributed by atoms with Crippen LogP contribution in [-0.2, 0) is 6.18 Å². The van der Waals surface area contributed by atoms with Crippen molar-refractivity contribution in [1.82, 2.24) is 4.98 Å². The molecule has 8 heteroatoms. The molecule has 0 saturated heterocycles. The number of nitrogens with zero attached hydrogens (tertiary/aromatic N) is 1. The molecule has 0 spiro atoms. The van der Waals surface area contributed by atoms with Crippen molar-refractivity contribution >= 4 is 6.29 Å². The van der Waals surface area contributed by atoms with Crippen molar-refractivity contribution in [3.8, 4) is 0 Å². The third-order valence-corrected chi connectivity index (χ3v) is 1.68. The fourth-order valence-corrected chi connectivity index (χ4v) is 1.12. The fraction of sp³-hybridized carbons (Fsp3) is 0.250. The van der Waals surface area contributed by atoms with Crippen LogP contribution in [0.25, 0.3) is 0 Å². The van der Waals surface area contributed by atoms with Gasteiger partial charge in [0.25, 0.3) is 6.43 Å². The third kappa shape index (κ3) is 2.31. The first-order chi connectivity index (χ1) is 7.27.